The molecule has 2 aromatic carbocycles. The lowest BCUT2D eigenvalue weighted by Crippen LogP contribution is -2.37. The molecule has 1 atom stereocenters. The van der Waals surface area contributed by atoms with Crippen LogP contribution in [0.25, 0.3) is 0 Å². The van der Waals surface area contributed by atoms with Crippen LogP contribution in [-0.2, 0) is 11.2 Å². The number of halogens is 3. The highest BCUT2D eigenvalue weighted by atomic mass is 35.5. The molecule has 0 aliphatic heterocycles. The van der Waals surface area contributed by atoms with Crippen molar-refractivity contribution in [2.24, 2.45) is 0 Å². The molecule has 2 rings (SSSR count). The van der Waals surface area contributed by atoms with Gasteiger partial charge in [0.05, 0.1) is 6.54 Å². The van der Waals surface area contributed by atoms with Crippen molar-refractivity contribution in [1.29, 1.82) is 0 Å². The molecule has 1 N–H and O–H groups in total. The summed E-state index contributed by atoms with van der Waals surface area (Å²) in [6.45, 7) is -0.131. The average molecular weight is 397 g/mol. The van der Waals surface area contributed by atoms with Gasteiger partial charge in [-0.05, 0) is 49.7 Å². The largest absolute Gasteiger partial charge is 0.435 e. The standard InChI is InChI=1S/C20H23ClF2N2O2/c1-14(17-5-3-4-6-18(17)21)25(2)13-19(26)24-12-11-15-7-9-16(10-8-15)27-20(22)23/h3-10,14,20H,11-13H2,1-2H3,(H,24,26). The molecule has 0 saturated heterocycles. The molecule has 0 fully saturated rings. The number of benzene rings is 2. The molecule has 0 aromatic heterocycles. The van der Waals surface area contributed by atoms with Crippen molar-refractivity contribution in [3.8, 4) is 5.75 Å². The van der Waals surface area contributed by atoms with Gasteiger partial charge < -0.3 is 10.1 Å². The molecular weight excluding hydrogens is 374 g/mol. The van der Waals surface area contributed by atoms with Gasteiger partial charge in [-0.1, -0.05) is 41.9 Å². The summed E-state index contributed by atoms with van der Waals surface area (Å²) < 4.78 is 28.6. The molecule has 0 saturated carbocycles. The molecule has 146 valence electrons. The average Bonchev–Trinajstić information content (AvgIpc) is 2.62. The van der Waals surface area contributed by atoms with E-state index in [0.29, 0.717) is 18.0 Å². The number of nitrogens with zero attached hydrogens (tertiary/aromatic N) is 1. The van der Waals surface area contributed by atoms with Crippen molar-refractivity contribution in [2.45, 2.75) is 26.0 Å². The summed E-state index contributed by atoms with van der Waals surface area (Å²) in [5.74, 6) is 0.0297. The predicted molar refractivity (Wildman–Crippen MR) is 102 cm³/mol. The second-order valence-corrected chi connectivity index (χ2v) is 6.64. The monoisotopic (exact) mass is 396 g/mol. The summed E-state index contributed by atoms with van der Waals surface area (Å²) in [7, 11) is 1.87. The minimum absolute atomic E-state index is 0.00632. The molecular formula is C20H23ClF2N2O2. The normalized spacial score (nSPS) is 12.3. The number of ether oxygens (including phenoxy) is 1. The maximum Gasteiger partial charge on any atom is 0.387 e. The number of carbonyl (C=O) groups excluding carboxylic acids is 1. The van der Waals surface area contributed by atoms with Crippen LogP contribution in [0.5, 0.6) is 5.75 Å². The first-order valence-electron chi connectivity index (χ1n) is 8.62. The van der Waals surface area contributed by atoms with Gasteiger partial charge in [-0.2, -0.15) is 8.78 Å². The van der Waals surface area contributed by atoms with E-state index >= 15 is 0 Å². The zero-order valence-corrected chi connectivity index (χ0v) is 16.0. The van der Waals surface area contributed by atoms with Crippen LogP contribution in [0.2, 0.25) is 5.02 Å². The SMILES string of the molecule is CC(c1ccccc1Cl)N(C)CC(=O)NCCc1ccc(OC(F)F)cc1. The maximum atomic E-state index is 12.2. The second-order valence-electron chi connectivity index (χ2n) is 6.24. The molecule has 0 bridgehead atoms. The Balaban J connectivity index is 1.76. The van der Waals surface area contributed by atoms with E-state index in [1.54, 1.807) is 12.1 Å². The quantitative estimate of drug-likeness (QED) is 0.687. The number of hydrogen-bond donors (Lipinski definition) is 1. The summed E-state index contributed by atoms with van der Waals surface area (Å²) in [4.78, 5) is 14.1. The summed E-state index contributed by atoms with van der Waals surface area (Å²) in [6.07, 6.45) is 0.602. The molecule has 0 spiro atoms. The van der Waals surface area contributed by atoms with E-state index in [9.17, 15) is 13.6 Å². The molecule has 0 radical (unpaired) electrons. The molecule has 0 heterocycles. The molecule has 1 unspecified atom stereocenters. The first-order valence-corrected chi connectivity index (χ1v) is 8.99. The minimum atomic E-state index is -2.83. The fraction of sp³-hybridized carbons (Fsp3) is 0.350. The first kappa shape index (κ1) is 21.1. The number of amides is 1. The third kappa shape index (κ3) is 6.81. The van der Waals surface area contributed by atoms with Crippen LogP contribution in [0.4, 0.5) is 8.78 Å². The van der Waals surface area contributed by atoms with Crippen LogP contribution in [-0.4, -0.2) is 37.6 Å². The smallest absolute Gasteiger partial charge is 0.387 e. The summed E-state index contributed by atoms with van der Waals surface area (Å²) in [6, 6.07) is 14.0. The molecule has 0 aliphatic rings. The van der Waals surface area contributed by atoms with Crippen molar-refractivity contribution in [3.05, 3.63) is 64.7 Å². The van der Waals surface area contributed by atoms with Crippen LogP contribution in [0.15, 0.2) is 48.5 Å². The van der Waals surface area contributed by atoms with Crippen molar-refractivity contribution in [2.75, 3.05) is 20.1 Å². The van der Waals surface area contributed by atoms with Crippen molar-refractivity contribution < 1.29 is 18.3 Å². The van der Waals surface area contributed by atoms with Crippen molar-refractivity contribution in [1.82, 2.24) is 10.2 Å². The molecule has 2 aromatic rings. The van der Waals surface area contributed by atoms with E-state index < -0.39 is 6.61 Å². The van der Waals surface area contributed by atoms with Crippen molar-refractivity contribution in [3.63, 3.8) is 0 Å². The Hall–Kier alpha value is -2.18. The minimum Gasteiger partial charge on any atom is -0.435 e. The Labute approximate surface area is 163 Å². The predicted octanol–water partition coefficient (Wildman–Crippen LogP) is 4.29. The maximum absolute atomic E-state index is 12.2. The Bertz CT molecular complexity index is 741. The Morgan fingerprint density at radius 1 is 1.19 bits per heavy atom. The summed E-state index contributed by atoms with van der Waals surface area (Å²) >= 11 is 6.21. The third-order valence-corrected chi connectivity index (χ3v) is 4.64. The van der Waals surface area contributed by atoms with Gasteiger partial charge in [0.25, 0.3) is 0 Å². The van der Waals surface area contributed by atoms with Crippen LogP contribution < -0.4 is 10.1 Å². The van der Waals surface area contributed by atoms with E-state index in [1.807, 2.05) is 43.1 Å². The van der Waals surface area contributed by atoms with Crippen LogP contribution in [0.1, 0.15) is 24.1 Å². The Morgan fingerprint density at radius 3 is 2.48 bits per heavy atom. The van der Waals surface area contributed by atoms with Crippen molar-refractivity contribution >= 4 is 17.5 Å². The van der Waals surface area contributed by atoms with Gasteiger partial charge in [-0.15, -0.1) is 0 Å². The van der Waals surface area contributed by atoms with Crippen LogP contribution in [0.3, 0.4) is 0 Å². The molecule has 0 aliphatic carbocycles. The van der Waals surface area contributed by atoms with Gasteiger partial charge in [0.15, 0.2) is 0 Å². The number of hydrogen-bond acceptors (Lipinski definition) is 3. The summed E-state index contributed by atoms with van der Waals surface area (Å²) in [5, 5.41) is 3.54. The zero-order valence-electron chi connectivity index (χ0n) is 15.3. The number of rotatable bonds is 9. The fourth-order valence-corrected chi connectivity index (χ4v) is 2.95. The van der Waals surface area contributed by atoms with Gasteiger partial charge in [-0.25, -0.2) is 0 Å². The second kappa shape index (κ2) is 10.2. The van der Waals surface area contributed by atoms with E-state index in [2.05, 4.69) is 10.1 Å². The molecule has 1 amide bonds. The van der Waals surface area contributed by atoms with Crippen LogP contribution >= 0.6 is 11.6 Å². The lowest BCUT2D eigenvalue weighted by Gasteiger charge is -2.25. The van der Waals surface area contributed by atoms with Gasteiger partial charge >= 0.3 is 6.61 Å². The Morgan fingerprint density at radius 2 is 1.85 bits per heavy atom. The molecule has 7 heteroatoms. The van der Waals surface area contributed by atoms with E-state index in [4.69, 9.17) is 11.6 Å². The number of likely N-dealkylation sites (N-methyl/N-ethyl adjacent to an activating group) is 1. The lowest BCUT2D eigenvalue weighted by molar-refractivity contribution is -0.122. The highest BCUT2D eigenvalue weighted by molar-refractivity contribution is 6.31. The Kier molecular flexibility index (Phi) is 8.00. The van der Waals surface area contributed by atoms with Gasteiger partial charge in [0.2, 0.25) is 5.91 Å². The van der Waals surface area contributed by atoms with Gasteiger partial charge in [-0.3, -0.25) is 9.69 Å². The zero-order chi connectivity index (χ0) is 19.8. The highest BCUT2D eigenvalue weighted by Crippen LogP contribution is 2.25. The molecule has 4 nitrogen and oxygen atoms in total. The topological polar surface area (TPSA) is 41.6 Å². The number of nitrogens with one attached hydrogen (secondary N) is 1. The van der Waals surface area contributed by atoms with E-state index in [0.717, 1.165) is 11.1 Å². The number of carbonyl (C=O) groups is 1. The van der Waals surface area contributed by atoms with Gasteiger partial charge in [0.1, 0.15) is 5.75 Å². The van der Waals surface area contributed by atoms with E-state index in [1.165, 1.54) is 12.1 Å². The molecule has 27 heavy (non-hydrogen) atoms. The highest BCUT2D eigenvalue weighted by Gasteiger charge is 2.16. The lowest BCUT2D eigenvalue weighted by atomic mass is 10.1. The van der Waals surface area contributed by atoms with Gasteiger partial charge in [0, 0.05) is 17.6 Å². The fourth-order valence-electron chi connectivity index (χ4n) is 2.65. The van der Waals surface area contributed by atoms with Crippen LogP contribution in [0, 0.1) is 0 Å². The first-order chi connectivity index (χ1) is 12.9. The number of alkyl halides is 2. The summed E-state index contributed by atoms with van der Waals surface area (Å²) in [5.41, 5.74) is 1.90. The van der Waals surface area contributed by atoms with E-state index in [-0.39, 0.29) is 24.2 Å². The third-order valence-electron chi connectivity index (χ3n) is 4.29.